The van der Waals surface area contributed by atoms with Gasteiger partial charge >= 0.3 is 5.97 Å². The first-order chi connectivity index (χ1) is 15.9. The molecule has 1 atom stereocenters. The second kappa shape index (κ2) is 9.46. The van der Waals surface area contributed by atoms with Gasteiger partial charge in [0.05, 0.1) is 7.11 Å². The van der Waals surface area contributed by atoms with Crippen LogP contribution in [0.15, 0.2) is 84.9 Å². The standard InChI is InChI=1S/C27H23NO4S/c1-27(26(31)32-2,28-24(29)22-13-11-18-7-3-5-9-20(18)15-22)17-33-25(30)23-14-12-19-8-4-6-10-21(19)16-23/h3-16H,17H2,1-2H3,(H,28,29)/t27-/m1/s1. The number of rotatable bonds is 6. The van der Waals surface area contributed by atoms with Crippen molar-refractivity contribution in [3.8, 4) is 0 Å². The second-order valence-electron chi connectivity index (χ2n) is 7.98. The smallest absolute Gasteiger partial charge is 0.332 e. The summed E-state index contributed by atoms with van der Waals surface area (Å²) in [6.07, 6.45) is 0. The minimum Gasteiger partial charge on any atom is -0.467 e. The van der Waals surface area contributed by atoms with E-state index in [-0.39, 0.29) is 10.9 Å². The molecular weight excluding hydrogens is 434 g/mol. The quantitative estimate of drug-likeness (QED) is 0.402. The van der Waals surface area contributed by atoms with E-state index in [9.17, 15) is 14.4 Å². The summed E-state index contributed by atoms with van der Waals surface area (Å²) in [7, 11) is 1.26. The van der Waals surface area contributed by atoms with Gasteiger partial charge in [-0.15, -0.1) is 0 Å². The van der Waals surface area contributed by atoms with E-state index < -0.39 is 17.4 Å². The third-order valence-corrected chi connectivity index (χ3v) is 6.73. The van der Waals surface area contributed by atoms with Crippen LogP contribution in [-0.2, 0) is 9.53 Å². The molecule has 33 heavy (non-hydrogen) atoms. The number of fused-ring (bicyclic) bond motifs is 2. The van der Waals surface area contributed by atoms with Crippen molar-refractivity contribution in [2.75, 3.05) is 12.9 Å². The van der Waals surface area contributed by atoms with Crippen LogP contribution < -0.4 is 5.32 Å². The number of esters is 1. The average Bonchev–Trinajstić information content (AvgIpc) is 2.86. The van der Waals surface area contributed by atoms with Gasteiger partial charge in [0.1, 0.15) is 5.54 Å². The Morgan fingerprint density at radius 3 is 1.88 bits per heavy atom. The van der Waals surface area contributed by atoms with Gasteiger partial charge in [-0.3, -0.25) is 9.59 Å². The van der Waals surface area contributed by atoms with Gasteiger partial charge in [-0.05, 0) is 52.7 Å². The molecule has 6 heteroatoms. The van der Waals surface area contributed by atoms with Crippen molar-refractivity contribution in [3.05, 3.63) is 96.1 Å². The maximum absolute atomic E-state index is 13.0. The number of hydrogen-bond donors (Lipinski definition) is 1. The Balaban J connectivity index is 1.51. The van der Waals surface area contributed by atoms with Crippen molar-refractivity contribution < 1.29 is 19.1 Å². The predicted molar refractivity (Wildman–Crippen MR) is 133 cm³/mol. The minimum absolute atomic E-state index is 0.0324. The summed E-state index contributed by atoms with van der Waals surface area (Å²) in [6.45, 7) is 1.57. The lowest BCUT2D eigenvalue weighted by Crippen LogP contribution is -2.55. The van der Waals surface area contributed by atoms with Crippen LogP contribution in [0, 0.1) is 0 Å². The van der Waals surface area contributed by atoms with Gasteiger partial charge in [0, 0.05) is 16.9 Å². The molecule has 4 rings (SSSR count). The molecule has 0 aromatic heterocycles. The van der Waals surface area contributed by atoms with Gasteiger partial charge in [-0.25, -0.2) is 4.79 Å². The summed E-state index contributed by atoms with van der Waals surface area (Å²) in [5.74, 6) is -0.993. The molecule has 1 N–H and O–H groups in total. The average molecular weight is 458 g/mol. The lowest BCUT2D eigenvalue weighted by Gasteiger charge is -2.27. The maximum atomic E-state index is 13.0. The molecular formula is C27H23NO4S. The van der Waals surface area contributed by atoms with Crippen LogP contribution >= 0.6 is 11.8 Å². The molecule has 0 aliphatic heterocycles. The molecule has 0 bridgehead atoms. The molecule has 0 radical (unpaired) electrons. The van der Waals surface area contributed by atoms with E-state index in [4.69, 9.17) is 4.74 Å². The summed E-state index contributed by atoms with van der Waals surface area (Å²) < 4.78 is 4.94. The molecule has 0 spiro atoms. The predicted octanol–water partition coefficient (Wildman–Crippen LogP) is 5.23. The summed E-state index contributed by atoms with van der Waals surface area (Å²) in [5.41, 5.74) is -0.421. The van der Waals surface area contributed by atoms with E-state index in [2.05, 4.69) is 5.32 Å². The zero-order chi connectivity index (χ0) is 23.4. The number of amides is 1. The fourth-order valence-corrected chi connectivity index (χ4v) is 4.54. The molecule has 166 valence electrons. The molecule has 0 saturated carbocycles. The van der Waals surface area contributed by atoms with Crippen molar-refractivity contribution >= 4 is 50.3 Å². The fourth-order valence-electron chi connectivity index (χ4n) is 3.63. The summed E-state index contributed by atoms with van der Waals surface area (Å²) in [4.78, 5) is 38.4. The van der Waals surface area contributed by atoms with Gasteiger partial charge < -0.3 is 10.1 Å². The Hall–Kier alpha value is -3.64. The van der Waals surface area contributed by atoms with Crippen LogP contribution in [0.2, 0.25) is 0 Å². The second-order valence-corrected chi connectivity index (χ2v) is 8.93. The third-order valence-electron chi connectivity index (χ3n) is 5.51. The highest BCUT2D eigenvalue weighted by molar-refractivity contribution is 8.14. The highest BCUT2D eigenvalue weighted by Gasteiger charge is 2.37. The van der Waals surface area contributed by atoms with Crippen LogP contribution in [0.4, 0.5) is 0 Å². The zero-order valence-corrected chi connectivity index (χ0v) is 19.1. The Morgan fingerprint density at radius 1 is 0.788 bits per heavy atom. The van der Waals surface area contributed by atoms with Gasteiger partial charge in [0.2, 0.25) is 5.12 Å². The van der Waals surface area contributed by atoms with Crippen molar-refractivity contribution in [1.29, 1.82) is 0 Å². The van der Waals surface area contributed by atoms with E-state index in [0.29, 0.717) is 11.1 Å². The van der Waals surface area contributed by atoms with E-state index in [1.165, 1.54) is 7.11 Å². The van der Waals surface area contributed by atoms with Gasteiger partial charge in [0.15, 0.2) is 0 Å². The lowest BCUT2D eigenvalue weighted by molar-refractivity contribution is -0.146. The molecule has 1 amide bonds. The number of nitrogens with one attached hydrogen (secondary N) is 1. The topological polar surface area (TPSA) is 72.5 Å². The first-order valence-electron chi connectivity index (χ1n) is 10.5. The molecule has 0 aliphatic carbocycles. The van der Waals surface area contributed by atoms with Crippen LogP contribution in [0.1, 0.15) is 27.6 Å². The van der Waals surface area contributed by atoms with Gasteiger partial charge in [0.25, 0.3) is 5.91 Å². The highest BCUT2D eigenvalue weighted by atomic mass is 32.2. The fraction of sp³-hybridized carbons (Fsp3) is 0.148. The van der Waals surface area contributed by atoms with E-state index in [0.717, 1.165) is 33.3 Å². The largest absolute Gasteiger partial charge is 0.467 e. The Labute approximate surface area is 196 Å². The Kier molecular flexibility index (Phi) is 6.47. The van der Waals surface area contributed by atoms with E-state index in [1.807, 2.05) is 66.7 Å². The maximum Gasteiger partial charge on any atom is 0.332 e. The number of carbonyl (C=O) groups excluding carboxylic acids is 3. The van der Waals surface area contributed by atoms with Gasteiger partial charge in [-0.2, -0.15) is 0 Å². The van der Waals surface area contributed by atoms with Crippen molar-refractivity contribution in [1.82, 2.24) is 5.32 Å². The SMILES string of the molecule is COC(=O)[C@@](C)(CSC(=O)c1ccc2ccccc2c1)NC(=O)c1ccc2ccccc2c1. The number of benzene rings is 4. The highest BCUT2D eigenvalue weighted by Crippen LogP contribution is 2.24. The van der Waals surface area contributed by atoms with Crippen molar-refractivity contribution in [3.63, 3.8) is 0 Å². The number of carbonyl (C=O) groups is 3. The number of thioether (sulfide) groups is 1. The van der Waals surface area contributed by atoms with Crippen LogP contribution in [0.3, 0.4) is 0 Å². The Bertz CT molecular complexity index is 1370. The molecule has 0 unspecified atom stereocenters. The normalized spacial score (nSPS) is 12.8. The Morgan fingerprint density at radius 2 is 1.30 bits per heavy atom. The molecule has 0 heterocycles. The van der Waals surface area contributed by atoms with E-state index >= 15 is 0 Å². The molecule has 4 aromatic carbocycles. The summed E-state index contributed by atoms with van der Waals surface area (Å²) >= 11 is 0.974. The number of methoxy groups -OCH3 is 1. The van der Waals surface area contributed by atoms with Gasteiger partial charge in [-0.1, -0.05) is 72.4 Å². The number of ether oxygens (including phenoxy) is 1. The zero-order valence-electron chi connectivity index (χ0n) is 18.3. The van der Waals surface area contributed by atoms with Crippen LogP contribution in [0.5, 0.6) is 0 Å². The van der Waals surface area contributed by atoms with Crippen LogP contribution in [0.25, 0.3) is 21.5 Å². The first-order valence-corrected chi connectivity index (χ1v) is 11.4. The molecule has 0 fully saturated rings. The first kappa shape index (κ1) is 22.6. The number of hydrogen-bond acceptors (Lipinski definition) is 5. The summed E-state index contributed by atoms with van der Waals surface area (Å²) in [5, 5.41) is 6.53. The van der Waals surface area contributed by atoms with E-state index in [1.54, 1.807) is 25.1 Å². The molecule has 4 aromatic rings. The molecule has 0 saturated heterocycles. The lowest BCUT2D eigenvalue weighted by atomic mass is 10.0. The summed E-state index contributed by atoms with van der Waals surface area (Å²) in [6, 6.07) is 26.3. The third kappa shape index (κ3) is 4.91. The van der Waals surface area contributed by atoms with Crippen LogP contribution in [-0.4, -0.2) is 35.4 Å². The monoisotopic (exact) mass is 457 g/mol. The minimum atomic E-state index is -1.38. The van der Waals surface area contributed by atoms with Crippen molar-refractivity contribution in [2.45, 2.75) is 12.5 Å². The molecule has 5 nitrogen and oxygen atoms in total. The van der Waals surface area contributed by atoms with Crippen molar-refractivity contribution in [2.24, 2.45) is 0 Å². The molecule has 0 aliphatic rings.